The molecule has 3 heteroatoms. The lowest BCUT2D eigenvalue weighted by molar-refractivity contribution is 0.646. The van der Waals surface area contributed by atoms with Crippen LogP contribution in [0.15, 0.2) is 42.5 Å². The van der Waals surface area contributed by atoms with Crippen LogP contribution in [0.2, 0.25) is 0 Å². The van der Waals surface area contributed by atoms with Crippen LogP contribution < -0.4 is 10.6 Å². The average Bonchev–Trinajstić information content (AvgIpc) is 2.51. The van der Waals surface area contributed by atoms with Gasteiger partial charge in [-0.25, -0.2) is 0 Å². The maximum absolute atomic E-state index is 5.45. The highest BCUT2D eigenvalue weighted by atomic mass is 32.1. The molecular weight excluding hydrogens is 312 g/mol. The molecule has 0 saturated heterocycles. The van der Waals surface area contributed by atoms with Gasteiger partial charge < -0.3 is 10.6 Å². The Morgan fingerprint density at radius 3 is 2.21 bits per heavy atom. The molecular formula is C21H28N2S. The lowest BCUT2D eigenvalue weighted by atomic mass is 10.00. The van der Waals surface area contributed by atoms with E-state index in [1.807, 2.05) is 0 Å². The largest absolute Gasteiger partial charge is 0.356 e. The Morgan fingerprint density at radius 1 is 0.958 bits per heavy atom. The van der Waals surface area contributed by atoms with Crippen molar-refractivity contribution >= 4 is 23.0 Å². The molecule has 2 aromatic carbocycles. The molecule has 0 heterocycles. The molecule has 0 aromatic heterocycles. The zero-order valence-electron chi connectivity index (χ0n) is 15.3. The highest BCUT2D eigenvalue weighted by Gasteiger charge is 2.08. The van der Waals surface area contributed by atoms with E-state index in [0.29, 0.717) is 11.0 Å². The normalized spacial score (nSPS) is 12.1. The summed E-state index contributed by atoms with van der Waals surface area (Å²) in [4.78, 5) is 0. The van der Waals surface area contributed by atoms with Crippen LogP contribution in [0, 0.1) is 19.8 Å². The molecule has 2 aromatic rings. The summed E-state index contributed by atoms with van der Waals surface area (Å²) in [6.45, 7) is 10.8. The molecule has 0 amide bonds. The number of rotatable bonds is 5. The van der Waals surface area contributed by atoms with Gasteiger partial charge in [-0.2, -0.15) is 0 Å². The third-order valence-electron chi connectivity index (χ3n) is 4.24. The minimum Gasteiger partial charge on any atom is -0.356 e. The molecule has 0 unspecified atom stereocenters. The molecule has 0 aliphatic carbocycles. The third kappa shape index (κ3) is 5.34. The number of nitrogens with one attached hydrogen (secondary N) is 2. The van der Waals surface area contributed by atoms with Gasteiger partial charge in [-0.05, 0) is 79.7 Å². The van der Waals surface area contributed by atoms with Crippen molar-refractivity contribution in [2.75, 3.05) is 5.32 Å². The van der Waals surface area contributed by atoms with E-state index in [4.69, 9.17) is 12.2 Å². The van der Waals surface area contributed by atoms with Gasteiger partial charge in [-0.1, -0.05) is 44.2 Å². The fourth-order valence-electron chi connectivity index (χ4n) is 2.68. The number of aryl methyl sites for hydroxylation is 2. The van der Waals surface area contributed by atoms with Crippen molar-refractivity contribution in [3.8, 4) is 0 Å². The summed E-state index contributed by atoms with van der Waals surface area (Å²) in [5, 5.41) is 7.28. The second-order valence-corrected chi connectivity index (χ2v) is 7.37. The first-order valence-electron chi connectivity index (χ1n) is 8.58. The number of anilines is 1. The minimum absolute atomic E-state index is 0.171. The summed E-state index contributed by atoms with van der Waals surface area (Å²) >= 11 is 5.45. The fraction of sp³-hybridized carbons (Fsp3) is 0.381. The summed E-state index contributed by atoms with van der Waals surface area (Å²) in [5.74, 6) is 0.682. The summed E-state index contributed by atoms with van der Waals surface area (Å²) in [5.41, 5.74) is 6.20. The summed E-state index contributed by atoms with van der Waals surface area (Å²) in [6, 6.07) is 15.3. The predicted molar refractivity (Wildman–Crippen MR) is 109 cm³/mol. The maximum Gasteiger partial charge on any atom is 0.171 e. The topological polar surface area (TPSA) is 24.1 Å². The molecule has 0 saturated carbocycles. The van der Waals surface area contributed by atoms with Crippen LogP contribution in [0.3, 0.4) is 0 Å². The smallest absolute Gasteiger partial charge is 0.171 e. The molecule has 2 N–H and O–H groups in total. The van der Waals surface area contributed by atoms with Crippen LogP contribution >= 0.6 is 12.2 Å². The predicted octanol–water partition coefficient (Wildman–Crippen LogP) is 5.55. The van der Waals surface area contributed by atoms with Crippen LogP contribution in [-0.2, 0) is 6.42 Å². The first-order chi connectivity index (χ1) is 11.3. The monoisotopic (exact) mass is 340 g/mol. The number of thiocarbonyl (C=S) groups is 1. The lowest BCUT2D eigenvalue weighted by Crippen LogP contribution is -2.30. The van der Waals surface area contributed by atoms with Crippen molar-refractivity contribution in [3.63, 3.8) is 0 Å². The van der Waals surface area contributed by atoms with Gasteiger partial charge in [0.15, 0.2) is 5.11 Å². The standard InChI is InChI=1S/C21H28N2S/c1-14(2)12-18-7-9-19(10-8-18)17(5)22-21(24)23-20-11-6-15(3)16(4)13-20/h6-11,13-14,17H,12H2,1-5H3,(H2,22,23,24)/t17-/m0/s1. The Labute approximate surface area is 151 Å². The highest BCUT2D eigenvalue weighted by Crippen LogP contribution is 2.17. The van der Waals surface area contributed by atoms with Crippen LogP contribution in [0.25, 0.3) is 0 Å². The van der Waals surface area contributed by atoms with Crippen LogP contribution in [0.1, 0.15) is 49.1 Å². The minimum atomic E-state index is 0.171. The van der Waals surface area contributed by atoms with Gasteiger partial charge in [0.25, 0.3) is 0 Å². The van der Waals surface area contributed by atoms with Gasteiger partial charge in [0, 0.05) is 5.69 Å². The van der Waals surface area contributed by atoms with Crippen LogP contribution in [0.4, 0.5) is 5.69 Å². The van der Waals surface area contributed by atoms with E-state index in [2.05, 4.69) is 87.7 Å². The Balaban J connectivity index is 1.94. The van der Waals surface area contributed by atoms with E-state index in [1.54, 1.807) is 0 Å². The highest BCUT2D eigenvalue weighted by molar-refractivity contribution is 7.80. The van der Waals surface area contributed by atoms with Crippen LogP contribution in [-0.4, -0.2) is 5.11 Å². The SMILES string of the molecule is Cc1ccc(NC(=S)N[C@@H](C)c2ccc(CC(C)C)cc2)cc1C. The van der Waals surface area contributed by atoms with Crippen molar-refractivity contribution in [2.45, 2.75) is 47.1 Å². The van der Waals surface area contributed by atoms with Gasteiger partial charge in [-0.15, -0.1) is 0 Å². The lowest BCUT2D eigenvalue weighted by Gasteiger charge is -2.18. The Hall–Kier alpha value is -1.87. The van der Waals surface area contributed by atoms with Crippen LogP contribution in [0.5, 0.6) is 0 Å². The summed E-state index contributed by atoms with van der Waals surface area (Å²) in [6.07, 6.45) is 1.12. The number of hydrogen-bond acceptors (Lipinski definition) is 1. The van der Waals surface area contributed by atoms with Crippen molar-refractivity contribution in [1.29, 1.82) is 0 Å². The second-order valence-electron chi connectivity index (χ2n) is 6.96. The van der Waals surface area contributed by atoms with Crippen molar-refractivity contribution in [1.82, 2.24) is 5.32 Å². The Kier molecular flexibility index (Phi) is 6.38. The van der Waals surface area contributed by atoms with E-state index in [1.165, 1.54) is 22.3 Å². The molecule has 1 atom stereocenters. The Bertz CT molecular complexity index is 689. The van der Waals surface area contributed by atoms with E-state index < -0.39 is 0 Å². The molecule has 0 spiro atoms. The first-order valence-corrected chi connectivity index (χ1v) is 8.99. The van der Waals surface area contributed by atoms with Gasteiger partial charge >= 0.3 is 0 Å². The molecule has 0 radical (unpaired) electrons. The third-order valence-corrected chi connectivity index (χ3v) is 4.46. The average molecular weight is 341 g/mol. The first kappa shape index (κ1) is 18.5. The zero-order valence-corrected chi connectivity index (χ0v) is 16.1. The molecule has 24 heavy (non-hydrogen) atoms. The van der Waals surface area contributed by atoms with E-state index in [-0.39, 0.29) is 6.04 Å². The molecule has 0 bridgehead atoms. The number of benzene rings is 2. The van der Waals surface area contributed by atoms with Crippen molar-refractivity contribution in [3.05, 3.63) is 64.7 Å². The van der Waals surface area contributed by atoms with Gasteiger partial charge in [0.05, 0.1) is 6.04 Å². The number of hydrogen-bond donors (Lipinski definition) is 2. The summed E-state index contributed by atoms with van der Waals surface area (Å²) in [7, 11) is 0. The quantitative estimate of drug-likeness (QED) is 0.698. The van der Waals surface area contributed by atoms with E-state index in [9.17, 15) is 0 Å². The van der Waals surface area contributed by atoms with E-state index >= 15 is 0 Å². The maximum atomic E-state index is 5.45. The molecule has 0 fully saturated rings. The molecule has 2 rings (SSSR count). The van der Waals surface area contributed by atoms with Gasteiger partial charge in [-0.3, -0.25) is 0 Å². The molecule has 0 aliphatic heterocycles. The van der Waals surface area contributed by atoms with Crippen molar-refractivity contribution < 1.29 is 0 Å². The van der Waals surface area contributed by atoms with Gasteiger partial charge in [0.1, 0.15) is 0 Å². The second kappa shape index (κ2) is 8.29. The molecule has 128 valence electrons. The molecule has 2 nitrogen and oxygen atoms in total. The van der Waals surface area contributed by atoms with E-state index in [0.717, 1.165) is 12.1 Å². The van der Waals surface area contributed by atoms with Gasteiger partial charge in [0.2, 0.25) is 0 Å². The Morgan fingerprint density at radius 2 is 1.62 bits per heavy atom. The fourth-order valence-corrected chi connectivity index (χ4v) is 2.97. The molecule has 0 aliphatic rings. The summed E-state index contributed by atoms with van der Waals surface area (Å²) < 4.78 is 0. The zero-order chi connectivity index (χ0) is 17.7. The van der Waals surface area contributed by atoms with Crippen molar-refractivity contribution in [2.24, 2.45) is 5.92 Å².